The van der Waals surface area contributed by atoms with E-state index in [0.29, 0.717) is 16.8 Å². The Bertz CT molecular complexity index is 1680. The molecule has 44 heavy (non-hydrogen) atoms. The number of carbonyl (C=O) groups is 2. The fourth-order valence-corrected chi connectivity index (χ4v) is 6.45. The molecule has 1 N–H and O–H groups in total. The van der Waals surface area contributed by atoms with Gasteiger partial charge in [0, 0.05) is 19.0 Å². The maximum Gasteiger partial charge on any atom is 0.264 e. The molecular weight excluding hydrogens is 577 g/mol. The topological polar surface area (TPSA) is 86.8 Å². The monoisotopic (exact) mass is 615 g/mol. The molecule has 0 radical (unpaired) electrons. The molecule has 0 aliphatic carbocycles. The summed E-state index contributed by atoms with van der Waals surface area (Å²) < 4.78 is 43.2. The second-order valence-electron chi connectivity index (χ2n) is 11.1. The van der Waals surface area contributed by atoms with Gasteiger partial charge in [-0.3, -0.25) is 13.9 Å². The lowest BCUT2D eigenvalue weighted by molar-refractivity contribution is -0.140. The van der Waals surface area contributed by atoms with E-state index in [1.54, 1.807) is 42.5 Å². The maximum atomic E-state index is 14.5. The van der Waals surface area contributed by atoms with E-state index in [-0.39, 0.29) is 29.8 Å². The Morgan fingerprint density at radius 2 is 1.41 bits per heavy atom. The van der Waals surface area contributed by atoms with Crippen molar-refractivity contribution >= 4 is 27.5 Å². The van der Waals surface area contributed by atoms with Crippen LogP contribution < -0.4 is 9.62 Å². The van der Waals surface area contributed by atoms with Gasteiger partial charge in [-0.05, 0) is 80.3 Å². The lowest BCUT2D eigenvalue weighted by atomic mass is 10.0. The van der Waals surface area contributed by atoms with E-state index in [9.17, 15) is 22.4 Å². The van der Waals surface area contributed by atoms with Crippen molar-refractivity contribution in [3.63, 3.8) is 0 Å². The number of carbonyl (C=O) groups excluding carboxylic acids is 2. The van der Waals surface area contributed by atoms with Gasteiger partial charge in [-0.15, -0.1) is 0 Å². The zero-order chi connectivity index (χ0) is 31.9. The summed E-state index contributed by atoms with van der Waals surface area (Å²) in [5.41, 5.74) is 3.37. The van der Waals surface area contributed by atoms with Crippen LogP contribution in [0.2, 0.25) is 0 Å². The van der Waals surface area contributed by atoms with Gasteiger partial charge in [0.15, 0.2) is 0 Å². The van der Waals surface area contributed by atoms with Crippen LogP contribution in [0.4, 0.5) is 10.1 Å². The molecule has 9 heteroatoms. The second kappa shape index (κ2) is 14.3. The van der Waals surface area contributed by atoms with E-state index >= 15 is 0 Å². The molecule has 0 saturated carbocycles. The number of nitrogens with one attached hydrogen (secondary N) is 1. The number of rotatable bonds is 12. The normalized spacial score (nSPS) is 12.0. The van der Waals surface area contributed by atoms with Crippen molar-refractivity contribution in [1.82, 2.24) is 10.2 Å². The van der Waals surface area contributed by atoms with E-state index < -0.39 is 34.3 Å². The zero-order valence-electron chi connectivity index (χ0n) is 25.4. The van der Waals surface area contributed by atoms with Gasteiger partial charge < -0.3 is 10.2 Å². The number of anilines is 1. The van der Waals surface area contributed by atoms with E-state index in [2.05, 4.69) is 5.32 Å². The molecule has 230 valence electrons. The fraction of sp³-hybridized carbons (Fsp3) is 0.257. The van der Waals surface area contributed by atoms with Crippen LogP contribution in [0.25, 0.3) is 0 Å². The summed E-state index contributed by atoms with van der Waals surface area (Å²) in [6.45, 7) is 6.77. The molecule has 0 aromatic heterocycles. The van der Waals surface area contributed by atoms with E-state index in [4.69, 9.17) is 0 Å². The van der Waals surface area contributed by atoms with Crippen molar-refractivity contribution in [3.8, 4) is 0 Å². The maximum absolute atomic E-state index is 14.5. The Morgan fingerprint density at radius 3 is 2.02 bits per heavy atom. The first-order chi connectivity index (χ1) is 21.0. The highest BCUT2D eigenvalue weighted by Gasteiger charge is 2.35. The Labute approximate surface area is 259 Å². The molecule has 0 saturated heterocycles. The Balaban J connectivity index is 1.82. The number of sulfonamides is 1. The number of benzene rings is 4. The average Bonchev–Trinajstić information content (AvgIpc) is 3.00. The second-order valence-corrected chi connectivity index (χ2v) is 12.9. The molecule has 7 nitrogen and oxygen atoms in total. The zero-order valence-corrected chi connectivity index (χ0v) is 26.2. The van der Waals surface area contributed by atoms with Crippen LogP contribution >= 0.6 is 0 Å². The first-order valence-electron chi connectivity index (χ1n) is 14.5. The SMILES string of the molecule is Cc1cccc(N(CC(=O)N(Cc2ccc(F)cc2)C(Cc2ccccc2)C(=O)NC(C)C)S(=O)(=O)c2ccccc2)c1C. The van der Waals surface area contributed by atoms with Gasteiger partial charge in [0.25, 0.3) is 10.0 Å². The van der Waals surface area contributed by atoms with Gasteiger partial charge in [0.05, 0.1) is 10.6 Å². The van der Waals surface area contributed by atoms with Gasteiger partial charge in [0.1, 0.15) is 18.4 Å². The van der Waals surface area contributed by atoms with Crippen LogP contribution in [0.3, 0.4) is 0 Å². The van der Waals surface area contributed by atoms with Gasteiger partial charge >= 0.3 is 0 Å². The van der Waals surface area contributed by atoms with Gasteiger partial charge in [-0.1, -0.05) is 72.8 Å². The number of hydrogen-bond acceptors (Lipinski definition) is 4. The largest absolute Gasteiger partial charge is 0.352 e. The molecule has 1 atom stereocenters. The minimum absolute atomic E-state index is 0.0336. The Hall–Kier alpha value is -4.50. The Morgan fingerprint density at radius 1 is 0.795 bits per heavy atom. The van der Waals surface area contributed by atoms with Crippen LogP contribution in [-0.4, -0.2) is 43.8 Å². The molecule has 4 rings (SSSR count). The molecule has 0 spiro atoms. The van der Waals surface area contributed by atoms with Crippen LogP contribution in [0, 0.1) is 19.7 Å². The van der Waals surface area contributed by atoms with Crippen LogP contribution in [0.1, 0.15) is 36.1 Å². The Kier molecular flexibility index (Phi) is 10.5. The van der Waals surface area contributed by atoms with Crippen molar-refractivity contribution in [2.75, 3.05) is 10.8 Å². The molecule has 0 aliphatic rings. The highest BCUT2D eigenvalue weighted by Crippen LogP contribution is 2.29. The van der Waals surface area contributed by atoms with E-state index in [0.717, 1.165) is 15.4 Å². The average molecular weight is 616 g/mol. The number of aryl methyl sites for hydroxylation is 1. The van der Waals surface area contributed by atoms with Crippen molar-refractivity contribution in [3.05, 3.63) is 131 Å². The molecule has 0 bridgehead atoms. The molecule has 4 aromatic carbocycles. The third kappa shape index (κ3) is 7.90. The van der Waals surface area contributed by atoms with E-state index in [1.807, 2.05) is 64.1 Å². The molecule has 0 fully saturated rings. The summed E-state index contributed by atoms with van der Waals surface area (Å²) in [7, 11) is -4.19. The summed E-state index contributed by atoms with van der Waals surface area (Å²) in [6, 6.07) is 27.1. The van der Waals surface area contributed by atoms with Gasteiger partial charge in [0.2, 0.25) is 11.8 Å². The number of nitrogens with zero attached hydrogens (tertiary/aromatic N) is 2. The molecule has 2 amide bonds. The quantitative estimate of drug-likeness (QED) is 0.218. The highest BCUT2D eigenvalue weighted by atomic mass is 32.2. The lowest BCUT2D eigenvalue weighted by Gasteiger charge is -2.34. The molecule has 1 unspecified atom stereocenters. The summed E-state index contributed by atoms with van der Waals surface area (Å²) in [5.74, 6) is -1.38. The first-order valence-corrected chi connectivity index (χ1v) is 15.9. The van der Waals surface area contributed by atoms with Crippen LogP contribution in [-0.2, 0) is 32.6 Å². The lowest BCUT2D eigenvalue weighted by Crippen LogP contribution is -2.54. The summed E-state index contributed by atoms with van der Waals surface area (Å²) >= 11 is 0. The first kappa shape index (κ1) is 32.4. The van der Waals surface area contributed by atoms with Crippen molar-refractivity contribution in [2.24, 2.45) is 0 Å². The standard InChI is InChI=1S/C35H38FN3O4S/c1-25(2)37-35(41)33(22-28-13-7-5-8-14-28)38(23-29-18-20-30(36)21-19-29)34(40)24-39(32-17-11-12-26(3)27(32)4)44(42,43)31-15-9-6-10-16-31/h5-21,25,33H,22-24H2,1-4H3,(H,37,41). The molecule has 0 heterocycles. The third-order valence-corrected chi connectivity index (χ3v) is 9.20. The number of halogens is 1. The predicted octanol–water partition coefficient (Wildman–Crippen LogP) is 5.80. The molecule has 4 aromatic rings. The molecule has 0 aliphatic heterocycles. The number of amides is 2. The van der Waals surface area contributed by atoms with Gasteiger partial charge in [-0.25, -0.2) is 12.8 Å². The van der Waals surface area contributed by atoms with Crippen LogP contribution in [0.15, 0.2) is 108 Å². The fourth-order valence-electron chi connectivity index (χ4n) is 4.96. The number of hydrogen-bond donors (Lipinski definition) is 1. The van der Waals surface area contributed by atoms with E-state index in [1.165, 1.54) is 29.2 Å². The van der Waals surface area contributed by atoms with Crippen molar-refractivity contribution < 1.29 is 22.4 Å². The summed E-state index contributed by atoms with van der Waals surface area (Å²) in [5, 5.41) is 2.93. The highest BCUT2D eigenvalue weighted by molar-refractivity contribution is 7.92. The summed E-state index contributed by atoms with van der Waals surface area (Å²) in [6.07, 6.45) is 0.196. The van der Waals surface area contributed by atoms with Crippen molar-refractivity contribution in [2.45, 2.75) is 57.6 Å². The van der Waals surface area contributed by atoms with Crippen LogP contribution in [0.5, 0.6) is 0 Å². The molecular formula is C35H38FN3O4S. The smallest absolute Gasteiger partial charge is 0.264 e. The minimum Gasteiger partial charge on any atom is -0.352 e. The van der Waals surface area contributed by atoms with Crippen molar-refractivity contribution in [1.29, 1.82) is 0 Å². The summed E-state index contributed by atoms with van der Waals surface area (Å²) in [4.78, 5) is 29.6. The minimum atomic E-state index is -4.19. The van der Waals surface area contributed by atoms with Gasteiger partial charge in [-0.2, -0.15) is 0 Å². The predicted molar refractivity (Wildman–Crippen MR) is 171 cm³/mol. The third-order valence-electron chi connectivity index (χ3n) is 7.42.